The van der Waals surface area contributed by atoms with Gasteiger partial charge in [0.1, 0.15) is 0 Å². The van der Waals surface area contributed by atoms with Crippen LogP contribution in [0.5, 0.6) is 0 Å². The molecule has 0 spiro atoms. The number of aryl methyl sites for hydroxylation is 3. The number of rotatable bonds is 5. The fraction of sp³-hybridized carbons (Fsp3) is 0.143. The van der Waals surface area contributed by atoms with Crippen LogP contribution in [0.3, 0.4) is 0 Å². The lowest BCUT2D eigenvalue weighted by Crippen LogP contribution is -2.24. The first-order valence-corrected chi connectivity index (χ1v) is 17.9. The molecule has 1 nitrogen and oxygen atoms in total. The van der Waals surface area contributed by atoms with Crippen LogP contribution in [0, 0.1) is 20.8 Å². The van der Waals surface area contributed by atoms with Gasteiger partial charge in [-0.2, -0.15) is 0 Å². The smallest absolute Gasteiger partial charge is 0.0471 e. The molecular weight excluding hydrogens is 605 g/mol. The monoisotopic (exact) mass is 642 g/mol. The van der Waals surface area contributed by atoms with E-state index in [-0.39, 0.29) is 6.61 Å². The SMILES string of the molecule is Cc1cc2ccc3ccc(-c4ccc(-c5ccc(-c6ccc7c8c9c(ccc68)=CC(CCO)=CC9CC=7)cc5C)c(C)c4)c4ccc(c1)c2c34. The highest BCUT2D eigenvalue weighted by molar-refractivity contribution is 6.25. The van der Waals surface area contributed by atoms with Gasteiger partial charge in [-0.1, -0.05) is 127 Å². The molecule has 10 rings (SSSR count). The molecule has 0 radical (unpaired) electrons. The fourth-order valence-corrected chi connectivity index (χ4v) is 9.27. The minimum Gasteiger partial charge on any atom is -0.396 e. The van der Waals surface area contributed by atoms with Gasteiger partial charge in [-0.25, -0.2) is 0 Å². The molecule has 0 amide bonds. The predicted octanol–water partition coefficient (Wildman–Crippen LogP) is 11.0. The van der Waals surface area contributed by atoms with E-state index in [0.717, 1.165) is 6.42 Å². The Kier molecular flexibility index (Phi) is 6.47. The molecule has 8 aromatic carbocycles. The predicted molar refractivity (Wildman–Crippen MR) is 213 cm³/mol. The number of benzene rings is 8. The number of allylic oxidation sites excluding steroid dienone is 1. The van der Waals surface area contributed by atoms with Crippen molar-refractivity contribution in [3.8, 4) is 33.4 Å². The highest BCUT2D eigenvalue weighted by Crippen LogP contribution is 2.42. The summed E-state index contributed by atoms with van der Waals surface area (Å²) in [5.74, 6) is 0.378. The molecule has 0 heterocycles. The van der Waals surface area contributed by atoms with Crippen LogP contribution in [-0.4, -0.2) is 11.7 Å². The van der Waals surface area contributed by atoms with Gasteiger partial charge in [0.2, 0.25) is 0 Å². The number of aliphatic hydroxyl groups excluding tert-OH is 1. The molecule has 8 aromatic rings. The van der Waals surface area contributed by atoms with E-state index in [1.807, 2.05) is 0 Å². The third kappa shape index (κ3) is 4.36. The lowest BCUT2D eigenvalue weighted by Gasteiger charge is -2.25. The summed E-state index contributed by atoms with van der Waals surface area (Å²) in [6, 6.07) is 41.6. The Balaban J connectivity index is 1.04. The van der Waals surface area contributed by atoms with Crippen molar-refractivity contribution < 1.29 is 5.11 Å². The average Bonchev–Trinajstić information content (AvgIpc) is 3.12. The molecule has 50 heavy (non-hydrogen) atoms. The van der Waals surface area contributed by atoms with Gasteiger partial charge in [0, 0.05) is 12.5 Å². The second-order valence-corrected chi connectivity index (χ2v) is 14.6. The third-order valence-corrected chi connectivity index (χ3v) is 11.5. The highest BCUT2D eigenvalue weighted by Gasteiger charge is 2.22. The second kappa shape index (κ2) is 11.0. The Morgan fingerprint density at radius 2 is 1.14 bits per heavy atom. The van der Waals surface area contributed by atoms with Crippen LogP contribution < -0.4 is 10.4 Å². The molecule has 1 unspecified atom stereocenters. The van der Waals surface area contributed by atoms with Crippen molar-refractivity contribution in [2.45, 2.75) is 39.5 Å². The summed E-state index contributed by atoms with van der Waals surface area (Å²) >= 11 is 0. The Morgan fingerprint density at radius 3 is 1.84 bits per heavy atom. The van der Waals surface area contributed by atoms with Crippen LogP contribution in [-0.2, 0) is 0 Å². The van der Waals surface area contributed by atoms with Crippen LogP contribution in [0.25, 0.3) is 88.6 Å². The number of aliphatic hydroxyl groups is 1. The second-order valence-electron chi connectivity index (χ2n) is 14.6. The van der Waals surface area contributed by atoms with Crippen LogP contribution in [0.4, 0.5) is 0 Å². The van der Waals surface area contributed by atoms with Gasteiger partial charge in [-0.3, -0.25) is 0 Å². The molecule has 0 saturated heterocycles. The summed E-state index contributed by atoms with van der Waals surface area (Å²) in [4.78, 5) is 0. The molecule has 1 heteroatoms. The van der Waals surface area contributed by atoms with Crippen molar-refractivity contribution in [3.63, 3.8) is 0 Å². The molecule has 2 aliphatic carbocycles. The molecule has 0 fully saturated rings. The first kappa shape index (κ1) is 29.4. The summed E-state index contributed by atoms with van der Waals surface area (Å²) in [6.07, 6.45) is 8.79. The van der Waals surface area contributed by atoms with Crippen LogP contribution in [0.2, 0.25) is 0 Å². The van der Waals surface area contributed by atoms with Gasteiger partial charge in [-0.15, -0.1) is 0 Å². The van der Waals surface area contributed by atoms with Gasteiger partial charge < -0.3 is 5.11 Å². The summed E-state index contributed by atoms with van der Waals surface area (Å²) < 4.78 is 0. The zero-order valence-corrected chi connectivity index (χ0v) is 28.8. The largest absolute Gasteiger partial charge is 0.396 e. The van der Waals surface area contributed by atoms with Crippen molar-refractivity contribution in [2.24, 2.45) is 0 Å². The first-order valence-electron chi connectivity index (χ1n) is 17.9. The van der Waals surface area contributed by atoms with E-state index in [2.05, 4.69) is 148 Å². The van der Waals surface area contributed by atoms with Gasteiger partial charge >= 0.3 is 0 Å². The molecule has 0 aliphatic heterocycles. The number of hydrogen-bond donors (Lipinski definition) is 1. The highest BCUT2D eigenvalue weighted by atomic mass is 16.2. The average molecular weight is 643 g/mol. The quantitative estimate of drug-likeness (QED) is 0.185. The lowest BCUT2D eigenvalue weighted by atomic mass is 9.79. The topological polar surface area (TPSA) is 20.2 Å². The summed E-state index contributed by atoms with van der Waals surface area (Å²) in [5, 5.41) is 22.9. The molecule has 2 aliphatic rings. The van der Waals surface area contributed by atoms with Gasteiger partial charge in [-0.05, 0) is 148 Å². The number of hydrogen-bond acceptors (Lipinski definition) is 1. The lowest BCUT2D eigenvalue weighted by molar-refractivity contribution is 0.300. The Labute approximate surface area is 292 Å². The maximum Gasteiger partial charge on any atom is 0.0471 e. The van der Waals surface area contributed by atoms with E-state index >= 15 is 0 Å². The molecule has 240 valence electrons. The van der Waals surface area contributed by atoms with E-state index in [4.69, 9.17) is 0 Å². The van der Waals surface area contributed by atoms with Gasteiger partial charge in [0.15, 0.2) is 0 Å². The van der Waals surface area contributed by atoms with E-state index < -0.39 is 0 Å². The van der Waals surface area contributed by atoms with E-state index in [0.29, 0.717) is 12.3 Å². The molecule has 0 aromatic heterocycles. The zero-order valence-electron chi connectivity index (χ0n) is 28.8. The molecular formula is C49H38O. The zero-order chi connectivity index (χ0) is 33.7. The maximum atomic E-state index is 9.58. The van der Waals surface area contributed by atoms with Crippen molar-refractivity contribution in [1.82, 2.24) is 0 Å². The van der Waals surface area contributed by atoms with Crippen molar-refractivity contribution >= 4 is 55.2 Å². The molecule has 1 atom stereocenters. The minimum atomic E-state index is 0.192. The van der Waals surface area contributed by atoms with Crippen LogP contribution >= 0.6 is 0 Å². The Bertz CT molecular complexity index is 2870. The van der Waals surface area contributed by atoms with Crippen molar-refractivity contribution in [2.75, 3.05) is 6.61 Å². The van der Waals surface area contributed by atoms with Crippen LogP contribution in [0.15, 0.2) is 121 Å². The maximum absolute atomic E-state index is 9.58. The van der Waals surface area contributed by atoms with Crippen molar-refractivity contribution in [1.29, 1.82) is 0 Å². The Morgan fingerprint density at radius 1 is 0.560 bits per heavy atom. The van der Waals surface area contributed by atoms with E-state index in [1.54, 1.807) is 0 Å². The summed E-state index contributed by atoms with van der Waals surface area (Å²) in [7, 11) is 0. The van der Waals surface area contributed by atoms with Crippen molar-refractivity contribution in [3.05, 3.63) is 154 Å². The summed E-state index contributed by atoms with van der Waals surface area (Å²) in [6.45, 7) is 6.88. The van der Waals surface area contributed by atoms with Gasteiger partial charge in [0.25, 0.3) is 0 Å². The van der Waals surface area contributed by atoms with Crippen LogP contribution in [0.1, 0.15) is 41.0 Å². The normalized spacial score (nSPS) is 15.1. The molecule has 0 bridgehead atoms. The van der Waals surface area contributed by atoms with Gasteiger partial charge in [0.05, 0.1) is 0 Å². The summed E-state index contributed by atoms with van der Waals surface area (Å²) in [5.41, 5.74) is 14.2. The third-order valence-electron chi connectivity index (χ3n) is 11.5. The van der Waals surface area contributed by atoms with E-state index in [9.17, 15) is 5.11 Å². The van der Waals surface area contributed by atoms with E-state index in [1.165, 1.54) is 115 Å². The standard InChI is InChI=1S/C49H38O/c1-28-22-36-6-4-32-8-16-42(44-18-12-37(23-28)46(36)48(32)44)34-10-14-40(29(2)24-34)41-15-11-35(25-30(41)3)43-17-9-33-5-7-38-26-31(20-21-50)27-39-13-19-45(43)49(33)47(38)39/h4-6,8-19,22-27,38,50H,7,20-21H2,1-3H3. The minimum absolute atomic E-state index is 0.192. The molecule has 0 saturated carbocycles. The molecule has 1 N–H and O–H groups in total. The fourth-order valence-electron chi connectivity index (χ4n) is 9.27. The first-order chi connectivity index (χ1) is 24.4. The Hall–Kier alpha value is -5.50.